The number of fused-ring (bicyclic) bond motifs is 1. The number of ketones is 1. The standard InChI is InChI=1S/C14H12ClNOS/c15-13-4-3-12(18-13)14(17)10-2-1-9-5-6-16-8-11(9)7-10/h1-4,7,16H,5-6,8H2. The van der Waals surface area contributed by atoms with Gasteiger partial charge in [-0.25, -0.2) is 0 Å². The average Bonchev–Trinajstić information content (AvgIpc) is 2.84. The molecule has 3 rings (SSSR count). The van der Waals surface area contributed by atoms with E-state index in [0.717, 1.165) is 25.1 Å². The Morgan fingerprint density at radius 1 is 1.22 bits per heavy atom. The van der Waals surface area contributed by atoms with Gasteiger partial charge in [-0.2, -0.15) is 0 Å². The number of carbonyl (C=O) groups is 1. The van der Waals surface area contributed by atoms with Crippen molar-refractivity contribution < 1.29 is 4.79 Å². The molecular formula is C14H12ClNOS. The molecule has 4 heteroatoms. The molecule has 0 saturated carbocycles. The van der Waals surface area contributed by atoms with Crippen LogP contribution in [0.3, 0.4) is 0 Å². The van der Waals surface area contributed by atoms with Crippen molar-refractivity contribution in [3.63, 3.8) is 0 Å². The fourth-order valence-corrected chi connectivity index (χ4v) is 3.21. The summed E-state index contributed by atoms with van der Waals surface area (Å²) in [6.45, 7) is 1.86. The lowest BCUT2D eigenvalue weighted by molar-refractivity contribution is 0.104. The first-order valence-electron chi connectivity index (χ1n) is 5.86. The SMILES string of the molecule is O=C(c1ccc2c(c1)CNCC2)c1ccc(Cl)s1. The van der Waals surface area contributed by atoms with Gasteiger partial charge in [-0.15, -0.1) is 11.3 Å². The van der Waals surface area contributed by atoms with Crippen LogP contribution in [0.4, 0.5) is 0 Å². The Balaban J connectivity index is 1.95. The molecule has 0 saturated heterocycles. The minimum atomic E-state index is 0.0558. The summed E-state index contributed by atoms with van der Waals surface area (Å²) in [6.07, 6.45) is 1.04. The third-order valence-corrected chi connectivity index (χ3v) is 4.38. The smallest absolute Gasteiger partial charge is 0.203 e. The maximum absolute atomic E-state index is 12.3. The van der Waals surface area contributed by atoms with Gasteiger partial charge >= 0.3 is 0 Å². The first kappa shape index (κ1) is 11.9. The molecule has 0 aliphatic carbocycles. The third kappa shape index (κ3) is 2.21. The zero-order valence-electron chi connectivity index (χ0n) is 9.70. The van der Waals surface area contributed by atoms with Crippen LogP contribution in [-0.4, -0.2) is 12.3 Å². The Bertz CT molecular complexity index is 606. The number of rotatable bonds is 2. The number of halogens is 1. The van der Waals surface area contributed by atoms with Gasteiger partial charge in [-0.05, 0) is 42.3 Å². The number of nitrogens with one attached hydrogen (secondary N) is 1. The molecule has 1 aliphatic rings. The molecule has 1 aromatic carbocycles. The molecule has 0 amide bonds. The van der Waals surface area contributed by atoms with Crippen LogP contribution in [0.15, 0.2) is 30.3 Å². The summed E-state index contributed by atoms with van der Waals surface area (Å²) in [7, 11) is 0. The summed E-state index contributed by atoms with van der Waals surface area (Å²) < 4.78 is 0.651. The van der Waals surface area contributed by atoms with Gasteiger partial charge < -0.3 is 5.32 Å². The van der Waals surface area contributed by atoms with E-state index in [4.69, 9.17) is 11.6 Å². The van der Waals surface area contributed by atoms with Crippen LogP contribution < -0.4 is 5.32 Å². The lowest BCUT2D eigenvalue weighted by atomic mass is 9.97. The summed E-state index contributed by atoms with van der Waals surface area (Å²) in [5, 5.41) is 3.32. The molecule has 0 unspecified atom stereocenters. The predicted octanol–water partition coefficient (Wildman–Crippen LogP) is 3.28. The van der Waals surface area contributed by atoms with Crippen molar-refractivity contribution in [2.24, 2.45) is 0 Å². The minimum absolute atomic E-state index is 0.0558. The van der Waals surface area contributed by atoms with Crippen LogP contribution in [-0.2, 0) is 13.0 Å². The highest BCUT2D eigenvalue weighted by molar-refractivity contribution is 7.18. The average molecular weight is 278 g/mol. The summed E-state index contributed by atoms with van der Waals surface area (Å²) in [4.78, 5) is 13.0. The monoisotopic (exact) mass is 277 g/mol. The zero-order valence-corrected chi connectivity index (χ0v) is 11.3. The molecule has 2 nitrogen and oxygen atoms in total. The van der Waals surface area contributed by atoms with E-state index >= 15 is 0 Å². The molecule has 0 bridgehead atoms. The van der Waals surface area contributed by atoms with E-state index in [2.05, 4.69) is 11.4 Å². The van der Waals surface area contributed by atoms with Crippen molar-refractivity contribution in [2.45, 2.75) is 13.0 Å². The number of carbonyl (C=O) groups excluding carboxylic acids is 1. The molecule has 1 N–H and O–H groups in total. The Hall–Kier alpha value is -1.16. The van der Waals surface area contributed by atoms with Gasteiger partial charge in [-0.1, -0.05) is 23.7 Å². The molecule has 1 aliphatic heterocycles. The van der Waals surface area contributed by atoms with Gasteiger partial charge in [0.05, 0.1) is 9.21 Å². The number of benzene rings is 1. The topological polar surface area (TPSA) is 29.1 Å². The molecule has 0 fully saturated rings. The van der Waals surface area contributed by atoms with Gasteiger partial charge in [0.15, 0.2) is 0 Å². The lowest BCUT2D eigenvalue weighted by Crippen LogP contribution is -2.23. The molecule has 92 valence electrons. The molecular weight excluding hydrogens is 266 g/mol. The highest BCUT2D eigenvalue weighted by Gasteiger charge is 2.15. The molecule has 0 atom stereocenters. The van der Waals surface area contributed by atoms with Gasteiger partial charge in [0.2, 0.25) is 5.78 Å². The van der Waals surface area contributed by atoms with Crippen LogP contribution in [0.5, 0.6) is 0 Å². The second-order valence-corrected chi connectivity index (χ2v) is 6.06. The van der Waals surface area contributed by atoms with Crippen molar-refractivity contribution in [3.8, 4) is 0 Å². The maximum Gasteiger partial charge on any atom is 0.203 e. The van der Waals surface area contributed by atoms with Crippen LogP contribution in [0.2, 0.25) is 4.34 Å². The number of hydrogen-bond acceptors (Lipinski definition) is 3. The van der Waals surface area contributed by atoms with E-state index in [1.807, 2.05) is 12.1 Å². The maximum atomic E-state index is 12.3. The molecule has 0 radical (unpaired) electrons. The third-order valence-electron chi connectivity index (χ3n) is 3.15. The van der Waals surface area contributed by atoms with Crippen molar-refractivity contribution in [2.75, 3.05) is 6.54 Å². The van der Waals surface area contributed by atoms with Crippen molar-refractivity contribution >= 4 is 28.7 Å². The quantitative estimate of drug-likeness (QED) is 0.854. The molecule has 2 aromatic rings. The second-order valence-electron chi connectivity index (χ2n) is 4.34. The van der Waals surface area contributed by atoms with E-state index in [9.17, 15) is 4.79 Å². The second kappa shape index (κ2) is 4.84. The largest absolute Gasteiger partial charge is 0.312 e. The van der Waals surface area contributed by atoms with Crippen molar-refractivity contribution in [1.29, 1.82) is 0 Å². The highest BCUT2D eigenvalue weighted by Crippen LogP contribution is 2.25. The summed E-state index contributed by atoms with van der Waals surface area (Å²) in [5.74, 6) is 0.0558. The van der Waals surface area contributed by atoms with Gasteiger partial charge in [-0.3, -0.25) is 4.79 Å². The molecule has 1 aromatic heterocycles. The first-order chi connectivity index (χ1) is 8.74. The summed E-state index contributed by atoms with van der Waals surface area (Å²) >= 11 is 7.19. The Morgan fingerprint density at radius 2 is 2.11 bits per heavy atom. The Labute approximate surface area is 115 Å². The van der Waals surface area contributed by atoms with Crippen LogP contribution in [0.25, 0.3) is 0 Å². The van der Waals surface area contributed by atoms with E-state index in [1.54, 1.807) is 12.1 Å². The number of thiophene rings is 1. The number of hydrogen-bond donors (Lipinski definition) is 1. The fourth-order valence-electron chi connectivity index (χ4n) is 2.20. The molecule has 2 heterocycles. The molecule has 18 heavy (non-hydrogen) atoms. The zero-order chi connectivity index (χ0) is 12.5. The summed E-state index contributed by atoms with van der Waals surface area (Å²) in [5.41, 5.74) is 3.32. The van der Waals surface area contributed by atoms with E-state index in [1.165, 1.54) is 22.5 Å². The van der Waals surface area contributed by atoms with E-state index in [0.29, 0.717) is 9.21 Å². The summed E-state index contributed by atoms with van der Waals surface area (Å²) in [6, 6.07) is 9.53. The van der Waals surface area contributed by atoms with Crippen LogP contribution in [0.1, 0.15) is 26.4 Å². The lowest BCUT2D eigenvalue weighted by Gasteiger charge is -2.17. The van der Waals surface area contributed by atoms with Gasteiger partial charge in [0.1, 0.15) is 0 Å². The Kier molecular flexibility index (Phi) is 3.20. The minimum Gasteiger partial charge on any atom is -0.312 e. The van der Waals surface area contributed by atoms with Crippen LogP contribution >= 0.6 is 22.9 Å². The van der Waals surface area contributed by atoms with Crippen LogP contribution in [0, 0.1) is 0 Å². The highest BCUT2D eigenvalue weighted by atomic mass is 35.5. The van der Waals surface area contributed by atoms with Crippen molar-refractivity contribution in [3.05, 3.63) is 56.2 Å². The van der Waals surface area contributed by atoms with E-state index < -0.39 is 0 Å². The van der Waals surface area contributed by atoms with Gasteiger partial charge in [0.25, 0.3) is 0 Å². The molecule has 0 spiro atoms. The fraction of sp³-hybridized carbons (Fsp3) is 0.214. The predicted molar refractivity (Wildman–Crippen MR) is 74.6 cm³/mol. The first-order valence-corrected chi connectivity index (χ1v) is 7.06. The van der Waals surface area contributed by atoms with E-state index in [-0.39, 0.29) is 5.78 Å². The van der Waals surface area contributed by atoms with Crippen molar-refractivity contribution in [1.82, 2.24) is 5.32 Å². The normalized spacial score (nSPS) is 14.3. The Morgan fingerprint density at radius 3 is 2.89 bits per heavy atom. The van der Waals surface area contributed by atoms with Gasteiger partial charge in [0, 0.05) is 12.1 Å².